The van der Waals surface area contributed by atoms with E-state index in [1.165, 1.54) is 199 Å². The summed E-state index contributed by atoms with van der Waals surface area (Å²) in [4.78, 5) is 38.4. The zero-order valence-electron chi connectivity index (χ0n) is 53.5. The summed E-state index contributed by atoms with van der Waals surface area (Å²) in [7, 11) is 0. The molecule has 1 unspecified atom stereocenters. The molecule has 6 nitrogen and oxygen atoms in total. The number of esters is 3. The number of carbonyl (C=O) groups excluding carboxylic acids is 3. The summed E-state index contributed by atoms with van der Waals surface area (Å²) < 4.78 is 17.0. The van der Waals surface area contributed by atoms with Crippen molar-refractivity contribution in [3.63, 3.8) is 0 Å². The number of ether oxygens (including phenoxy) is 3. The van der Waals surface area contributed by atoms with Crippen molar-refractivity contribution in [1.82, 2.24) is 0 Å². The summed E-state index contributed by atoms with van der Waals surface area (Å²) in [6.45, 7) is 6.53. The van der Waals surface area contributed by atoms with Crippen molar-refractivity contribution in [2.75, 3.05) is 13.2 Å². The first-order valence-electron chi connectivity index (χ1n) is 34.7. The number of allylic oxidation sites excluding steroid dienone is 16. The Hall–Kier alpha value is -3.67. The van der Waals surface area contributed by atoms with Gasteiger partial charge in [0.25, 0.3) is 0 Å². The van der Waals surface area contributed by atoms with E-state index in [1.54, 1.807) is 0 Å². The average molecular weight is 1130 g/mol. The third-order valence-electron chi connectivity index (χ3n) is 15.0. The van der Waals surface area contributed by atoms with Gasteiger partial charge in [-0.2, -0.15) is 0 Å². The number of carbonyl (C=O) groups is 3. The summed E-state index contributed by atoms with van der Waals surface area (Å²) in [6.07, 6.45) is 92.8. The van der Waals surface area contributed by atoms with Crippen molar-refractivity contribution >= 4 is 17.9 Å². The monoisotopic (exact) mass is 1130 g/mol. The van der Waals surface area contributed by atoms with Gasteiger partial charge < -0.3 is 14.2 Å². The molecule has 0 aromatic rings. The van der Waals surface area contributed by atoms with Crippen LogP contribution in [0.15, 0.2) is 97.2 Å². The molecule has 6 heteroatoms. The Labute approximate surface area is 502 Å². The molecule has 0 aliphatic rings. The summed E-state index contributed by atoms with van der Waals surface area (Å²) in [6, 6.07) is 0. The van der Waals surface area contributed by atoms with Gasteiger partial charge in [-0.05, 0) is 122 Å². The van der Waals surface area contributed by atoms with Crippen molar-refractivity contribution < 1.29 is 28.6 Å². The lowest BCUT2D eigenvalue weighted by molar-refractivity contribution is -0.167. The minimum absolute atomic E-state index is 0.0812. The third-order valence-corrected chi connectivity index (χ3v) is 15.0. The van der Waals surface area contributed by atoms with Gasteiger partial charge in [-0.1, -0.05) is 298 Å². The molecule has 0 amide bonds. The molecule has 0 aliphatic carbocycles. The van der Waals surface area contributed by atoms with Gasteiger partial charge in [-0.3, -0.25) is 14.4 Å². The molecule has 0 aliphatic heterocycles. The van der Waals surface area contributed by atoms with Crippen LogP contribution in [0.3, 0.4) is 0 Å². The molecule has 0 saturated carbocycles. The highest BCUT2D eigenvalue weighted by Gasteiger charge is 2.19. The van der Waals surface area contributed by atoms with Crippen LogP contribution >= 0.6 is 0 Å². The first kappa shape index (κ1) is 77.3. The molecule has 0 rings (SSSR count). The van der Waals surface area contributed by atoms with E-state index in [4.69, 9.17) is 14.2 Å². The summed E-state index contributed by atoms with van der Waals surface area (Å²) in [5.74, 6) is -0.883. The van der Waals surface area contributed by atoms with Gasteiger partial charge in [-0.25, -0.2) is 0 Å². The minimum Gasteiger partial charge on any atom is -0.462 e. The summed E-state index contributed by atoms with van der Waals surface area (Å²) in [5.41, 5.74) is 0. The topological polar surface area (TPSA) is 78.9 Å². The van der Waals surface area contributed by atoms with Crippen molar-refractivity contribution in [2.24, 2.45) is 0 Å². The first-order valence-corrected chi connectivity index (χ1v) is 34.7. The molecule has 0 fully saturated rings. The molecule has 0 saturated heterocycles. The molecule has 466 valence electrons. The second kappa shape index (κ2) is 68.8. The van der Waals surface area contributed by atoms with E-state index >= 15 is 0 Å². The maximum Gasteiger partial charge on any atom is 0.306 e. The molecular formula is C75H130O6. The number of hydrogen-bond acceptors (Lipinski definition) is 6. The fraction of sp³-hybridized carbons (Fsp3) is 0.747. The standard InChI is InChI=1S/C75H130O6/c1-4-7-10-13-16-19-22-25-27-29-31-33-35-36-37-38-40-41-43-45-47-50-53-56-59-62-65-68-74(77)80-71-72(70-79-73(76)67-64-61-58-55-52-49-24-21-18-15-12-9-6-3)81-75(78)69-66-63-60-57-54-51-48-46-44-42-39-34-32-30-28-26-23-20-17-14-11-8-5-2/h8,11,17,20-22,24-26,28-29,31-32,34-36,72H,4-7,9-10,12-16,18-19,23,27,30,33,37-71H2,1-3H3/b11-8-,20-17-,24-21-,25-22-,28-26-,31-29-,34-32-,36-35-. The predicted molar refractivity (Wildman–Crippen MR) is 353 cm³/mol. The fourth-order valence-electron chi connectivity index (χ4n) is 9.85. The third kappa shape index (κ3) is 67.0. The first-order chi connectivity index (χ1) is 40.0. The molecule has 0 heterocycles. The lowest BCUT2D eigenvalue weighted by Crippen LogP contribution is -2.30. The Morgan fingerprint density at radius 3 is 0.778 bits per heavy atom. The second-order valence-corrected chi connectivity index (χ2v) is 23.1. The van der Waals surface area contributed by atoms with Gasteiger partial charge in [0.2, 0.25) is 0 Å². The highest BCUT2D eigenvalue weighted by molar-refractivity contribution is 5.71. The Kier molecular flexibility index (Phi) is 65.7. The van der Waals surface area contributed by atoms with Gasteiger partial charge in [0.1, 0.15) is 13.2 Å². The highest BCUT2D eigenvalue weighted by Crippen LogP contribution is 2.17. The van der Waals surface area contributed by atoms with Crippen LogP contribution in [0, 0.1) is 0 Å². The normalized spacial score (nSPS) is 12.7. The van der Waals surface area contributed by atoms with E-state index in [9.17, 15) is 14.4 Å². The highest BCUT2D eigenvalue weighted by atomic mass is 16.6. The van der Waals surface area contributed by atoms with E-state index in [1.807, 2.05) is 0 Å². The van der Waals surface area contributed by atoms with Crippen LogP contribution in [-0.4, -0.2) is 37.2 Å². The van der Waals surface area contributed by atoms with E-state index in [0.29, 0.717) is 19.3 Å². The van der Waals surface area contributed by atoms with Crippen LogP contribution in [0.5, 0.6) is 0 Å². The SMILES string of the molecule is CC/C=C\C/C=C\C/C=C\C/C=C\CCCCCCCCCCCCC(=O)OC(COC(=O)CCCCCCC/C=C\CCCCCC)COC(=O)CCCCCCCCCCCCCC/C=C\C/C=C\C/C=C\CCCCCCC. The number of rotatable bonds is 63. The molecule has 0 N–H and O–H groups in total. The Morgan fingerprint density at radius 1 is 0.259 bits per heavy atom. The average Bonchev–Trinajstić information content (AvgIpc) is 3.46. The molecule has 0 radical (unpaired) electrons. The Bertz CT molecular complexity index is 1580. The van der Waals surface area contributed by atoms with E-state index in [-0.39, 0.29) is 31.1 Å². The maximum absolute atomic E-state index is 12.9. The Morgan fingerprint density at radius 2 is 0.481 bits per heavy atom. The van der Waals surface area contributed by atoms with E-state index in [0.717, 1.165) is 103 Å². The van der Waals surface area contributed by atoms with Crippen molar-refractivity contribution in [2.45, 2.75) is 348 Å². The number of hydrogen-bond donors (Lipinski definition) is 0. The zero-order chi connectivity index (χ0) is 58.5. The van der Waals surface area contributed by atoms with Gasteiger partial charge in [0.15, 0.2) is 6.10 Å². The molecule has 0 aromatic heterocycles. The van der Waals surface area contributed by atoms with E-state index in [2.05, 4.69) is 118 Å². The molecule has 0 bridgehead atoms. The van der Waals surface area contributed by atoms with E-state index < -0.39 is 6.10 Å². The van der Waals surface area contributed by atoms with Crippen molar-refractivity contribution in [3.8, 4) is 0 Å². The van der Waals surface area contributed by atoms with Crippen molar-refractivity contribution in [1.29, 1.82) is 0 Å². The smallest absolute Gasteiger partial charge is 0.306 e. The molecule has 1 atom stereocenters. The van der Waals surface area contributed by atoms with Crippen LogP contribution < -0.4 is 0 Å². The van der Waals surface area contributed by atoms with Crippen LogP contribution in [0.4, 0.5) is 0 Å². The predicted octanol–water partition coefficient (Wildman–Crippen LogP) is 24.0. The number of unbranched alkanes of at least 4 members (excludes halogenated alkanes) is 36. The van der Waals surface area contributed by atoms with Crippen LogP contribution in [0.2, 0.25) is 0 Å². The quantitative estimate of drug-likeness (QED) is 0.0261. The minimum atomic E-state index is -0.786. The fourth-order valence-corrected chi connectivity index (χ4v) is 9.85. The molecule has 81 heavy (non-hydrogen) atoms. The summed E-state index contributed by atoms with van der Waals surface area (Å²) >= 11 is 0. The van der Waals surface area contributed by atoms with Gasteiger partial charge >= 0.3 is 17.9 Å². The maximum atomic E-state index is 12.9. The largest absolute Gasteiger partial charge is 0.462 e. The molecule has 0 spiro atoms. The van der Waals surface area contributed by atoms with Gasteiger partial charge in [0.05, 0.1) is 0 Å². The molecular weight excluding hydrogens is 997 g/mol. The Balaban J connectivity index is 4.29. The zero-order valence-corrected chi connectivity index (χ0v) is 53.5. The second-order valence-electron chi connectivity index (χ2n) is 23.1. The van der Waals surface area contributed by atoms with Gasteiger partial charge in [-0.15, -0.1) is 0 Å². The summed E-state index contributed by atoms with van der Waals surface area (Å²) in [5, 5.41) is 0. The lowest BCUT2D eigenvalue weighted by atomic mass is 10.0. The van der Waals surface area contributed by atoms with Crippen LogP contribution in [0.1, 0.15) is 342 Å². The lowest BCUT2D eigenvalue weighted by Gasteiger charge is -2.18. The van der Waals surface area contributed by atoms with Crippen LogP contribution in [0.25, 0.3) is 0 Å². The molecule has 0 aromatic carbocycles. The van der Waals surface area contributed by atoms with Crippen LogP contribution in [-0.2, 0) is 28.6 Å². The van der Waals surface area contributed by atoms with Crippen molar-refractivity contribution in [3.05, 3.63) is 97.2 Å². The van der Waals surface area contributed by atoms with Gasteiger partial charge in [0, 0.05) is 19.3 Å².